The second kappa shape index (κ2) is 8.58. The van der Waals surface area contributed by atoms with Gasteiger partial charge in [0.05, 0.1) is 5.56 Å². The Hall–Kier alpha value is -1.49. The molecular weight excluding hydrogens is 252 g/mol. The summed E-state index contributed by atoms with van der Waals surface area (Å²) in [7, 11) is 0. The molecule has 0 aliphatic heterocycles. The van der Waals surface area contributed by atoms with Crippen molar-refractivity contribution in [1.82, 2.24) is 5.32 Å². The molecule has 0 aliphatic rings. The average molecular weight is 271 g/mol. The molecule has 0 aliphatic carbocycles. The maximum Gasteiger partial charge on any atom is 0.254 e. The zero-order valence-electron chi connectivity index (χ0n) is 11.0. The molecule has 106 valence electrons. The highest BCUT2D eigenvalue weighted by molar-refractivity contribution is 5.94. The number of hydrogen-bond donors (Lipinski definition) is 1. The van der Waals surface area contributed by atoms with Gasteiger partial charge in [0, 0.05) is 19.8 Å². The molecule has 0 saturated heterocycles. The number of nitrogens with one attached hydrogen (secondary N) is 1. The van der Waals surface area contributed by atoms with Crippen molar-refractivity contribution in [2.75, 3.05) is 19.8 Å². The number of benzene rings is 1. The molecule has 1 rings (SSSR count). The van der Waals surface area contributed by atoms with Gasteiger partial charge >= 0.3 is 0 Å². The molecule has 0 atom stereocenters. The molecule has 0 unspecified atom stereocenters. The summed E-state index contributed by atoms with van der Waals surface area (Å²) in [5, 5.41) is 2.53. The quantitative estimate of drug-likeness (QED) is 0.738. The van der Waals surface area contributed by atoms with Crippen LogP contribution in [0.1, 0.15) is 36.5 Å². The second-order valence-electron chi connectivity index (χ2n) is 4.18. The fraction of sp³-hybridized carbons (Fsp3) is 0.500. The van der Waals surface area contributed by atoms with Crippen LogP contribution in [0.3, 0.4) is 0 Å². The van der Waals surface area contributed by atoms with Crippen molar-refractivity contribution in [2.24, 2.45) is 0 Å². The summed E-state index contributed by atoms with van der Waals surface area (Å²) in [5.74, 6) is -2.74. The van der Waals surface area contributed by atoms with Crippen molar-refractivity contribution in [1.29, 1.82) is 0 Å². The van der Waals surface area contributed by atoms with Crippen LogP contribution in [0.15, 0.2) is 18.2 Å². The predicted octanol–water partition coefficient (Wildman–Crippen LogP) is 2.90. The third-order valence-corrected chi connectivity index (χ3v) is 2.59. The summed E-state index contributed by atoms with van der Waals surface area (Å²) in [5.41, 5.74) is -0.271. The van der Waals surface area contributed by atoms with E-state index in [1.54, 1.807) is 0 Å². The van der Waals surface area contributed by atoms with E-state index in [-0.39, 0.29) is 5.56 Å². The largest absolute Gasteiger partial charge is 0.381 e. The van der Waals surface area contributed by atoms with E-state index in [1.807, 2.05) is 0 Å². The lowest BCUT2D eigenvalue weighted by atomic mass is 10.2. The van der Waals surface area contributed by atoms with E-state index >= 15 is 0 Å². The van der Waals surface area contributed by atoms with Gasteiger partial charge in [0.2, 0.25) is 0 Å². The van der Waals surface area contributed by atoms with E-state index in [0.29, 0.717) is 26.2 Å². The molecule has 0 fully saturated rings. The molecule has 0 saturated carbocycles. The normalized spacial score (nSPS) is 10.5. The number of amides is 1. The first-order chi connectivity index (χ1) is 9.16. The molecule has 0 spiro atoms. The fourth-order valence-corrected chi connectivity index (χ4v) is 1.50. The molecule has 0 aromatic heterocycles. The van der Waals surface area contributed by atoms with Crippen LogP contribution in [0.5, 0.6) is 0 Å². The Kier molecular flexibility index (Phi) is 7.03. The van der Waals surface area contributed by atoms with E-state index in [4.69, 9.17) is 4.74 Å². The van der Waals surface area contributed by atoms with E-state index < -0.39 is 17.5 Å². The zero-order chi connectivity index (χ0) is 14.1. The zero-order valence-corrected chi connectivity index (χ0v) is 11.0. The van der Waals surface area contributed by atoms with Crippen molar-refractivity contribution >= 4 is 5.91 Å². The Labute approximate surface area is 112 Å². The number of carbonyl (C=O) groups excluding carboxylic acids is 1. The van der Waals surface area contributed by atoms with Gasteiger partial charge in [-0.2, -0.15) is 0 Å². The van der Waals surface area contributed by atoms with Gasteiger partial charge in [-0.05, 0) is 25.0 Å². The van der Waals surface area contributed by atoms with Gasteiger partial charge in [-0.1, -0.05) is 19.4 Å². The van der Waals surface area contributed by atoms with Crippen LogP contribution in [0.2, 0.25) is 0 Å². The Morgan fingerprint density at radius 2 is 2.00 bits per heavy atom. The van der Waals surface area contributed by atoms with Crippen LogP contribution in [-0.4, -0.2) is 25.7 Å². The molecular formula is C14H19F2NO2. The third-order valence-electron chi connectivity index (χ3n) is 2.59. The van der Waals surface area contributed by atoms with Gasteiger partial charge in [0.1, 0.15) is 0 Å². The highest BCUT2D eigenvalue weighted by atomic mass is 19.2. The van der Waals surface area contributed by atoms with E-state index in [2.05, 4.69) is 12.2 Å². The van der Waals surface area contributed by atoms with Crippen molar-refractivity contribution in [3.05, 3.63) is 35.4 Å². The minimum absolute atomic E-state index is 0.271. The van der Waals surface area contributed by atoms with E-state index in [1.165, 1.54) is 12.1 Å². The molecule has 1 aromatic carbocycles. The van der Waals surface area contributed by atoms with E-state index in [9.17, 15) is 13.6 Å². The number of unbranched alkanes of at least 4 members (excludes halogenated alkanes) is 1. The molecule has 1 amide bonds. The summed E-state index contributed by atoms with van der Waals surface area (Å²) in [6.45, 7) is 3.72. The molecule has 19 heavy (non-hydrogen) atoms. The van der Waals surface area contributed by atoms with Crippen LogP contribution < -0.4 is 5.32 Å². The Bertz CT molecular complexity index is 410. The third kappa shape index (κ3) is 5.34. The molecule has 1 aromatic rings. The number of hydrogen-bond acceptors (Lipinski definition) is 2. The Balaban J connectivity index is 2.26. The minimum atomic E-state index is -1.11. The smallest absolute Gasteiger partial charge is 0.254 e. The first kappa shape index (κ1) is 15.6. The minimum Gasteiger partial charge on any atom is -0.381 e. The first-order valence-corrected chi connectivity index (χ1v) is 6.46. The highest BCUT2D eigenvalue weighted by Gasteiger charge is 2.14. The maximum absolute atomic E-state index is 13.3. The van der Waals surface area contributed by atoms with Gasteiger partial charge in [-0.3, -0.25) is 4.79 Å². The van der Waals surface area contributed by atoms with Crippen molar-refractivity contribution in [3.8, 4) is 0 Å². The van der Waals surface area contributed by atoms with E-state index in [0.717, 1.165) is 18.9 Å². The summed E-state index contributed by atoms with van der Waals surface area (Å²) < 4.78 is 31.6. The predicted molar refractivity (Wildman–Crippen MR) is 69.0 cm³/mol. The summed E-state index contributed by atoms with van der Waals surface area (Å²) >= 11 is 0. The van der Waals surface area contributed by atoms with Crippen LogP contribution in [-0.2, 0) is 4.74 Å². The summed E-state index contributed by atoms with van der Waals surface area (Å²) in [6, 6.07) is 3.54. The fourth-order valence-electron chi connectivity index (χ4n) is 1.50. The van der Waals surface area contributed by atoms with Gasteiger partial charge in [-0.25, -0.2) is 8.78 Å². The monoisotopic (exact) mass is 271 g/mol. The lowest BCUT2D eigenvalue weighted by Gasteiger charge is -2.07. The number of ether oxygens (including phenoxy) is 1. The highest BCUT2D eigenvalue weighted by Crippen LogP contribution is 2.10. The van der Waals surface area contributed by atoms with Gasteiger partial charge in [0.15, 0.2) is 11.6 Å². The van der Waals surface area contributed by atoms with Crippen LogP contribution >= 0.6 is 0 Å². The van der Waals surface area contributed by atoms with Crippen LogP contribution in [0, 0.1) is 11.6 Å². The lowest BCUT2D eigenvalue weighted by Crippen LogP contribution is -2.26. The molecule has 0 radical (unpaired) electrons. The average Bonchev–Trinajstić information content (AvgIpc) is 2.40. The van der Waals surface area contributed by atoms with Crippen molar-refractivity contribution < 1.29 is 18.3 Å². The summed E-state index contributed by atoms with van der Waals surface area (Å²) in [6.07, 6.45) is 2.74. The molecule has 0 heterocycles. The van der Waals surface area contributed by atoms with Crippen LogP contribution in [0.4, 0.5) is 8.78 Å². The van der Waals surface area contributed by atoms with Gasteiger partial charge < -0.3 is 10.1 Å². The Morgan fingerprint density at radius 3 is 2.74 bits per heavy atom. The topological polar surface area (TPSA) is 38.3 Å². The second-order valence-corrected chi connectivity index (χ2v) is 4.18. The standard InChI is InChI=1S/C14H19F2NO2/c1-2-3-9-19-10-5-8-17-14(18)11-6-4-7-12(15)13(11)16/h4,6-7H,2-3,5,8-10H2,1H3,(H,17,18). The lowest BCUT2D eigenvalue weighted by molar-refractivity contribution is 0.0935. The number of halogens is 2. The van der Waals surface area contributed by atoms with Crippen LogP contribution in [0.25, 0.3) is 0 Å². The molecule has 1 N–H and O–H groups in total. The van der Waals surface area contributed by atoms with Gasteiger partial charge in [-0.15, -0.1) is 0 Å². The number of carbonyl (C=O) groups is 1. The first-order valence-electron chi connectivity index (χ1n) is 6.46. The number of rotatable bonds is 8. The Morgan fingerprint density at radius 1 is 1.26 bits per heavy atom. The SMILES string of the molecule is CCCCOCCCNC(=O)c1cccc(F)c1F. The molecule has 0 bridgehead atoms. The maximum atomic E-state index is 13.3. The van der Waals surface area contributed by atoms with Gasteiger partial charge in [0.25, 0.3) is 5.91 Å². The molecule has 5 heteroatoms. The van der Waals surface area contributed by atoms with Crippen molar-refractivity contribution in [2.45, 2.75) is 26.2 Å². The van der Waals surface area contributed by atoms with Crippen molar-refractivity contribution in [3.63, 3.8) is 0 Å². The summed E-state index contributed by atoms with van der Waals surface area (Å²) in [4.78, 5) is 11.6. The molecule has 3 nitrogen and oxygen atoms in total.